The third kappa shape index (κ3) is 2.96. The van der Waals surface area contributed by atoms with E-state index in [9.17, 15) is 9.90 Å². The summed E-state index contributed by atoms with van der Waals surface area (Å²) in [5, 5.41) is 14.0. The van der Waals surface area contributed by atoms with Crippen molar-refractivity contribution in [1.29, 1.82) is 0 Å². The SMILES string of the molecule is CC(C)(C)c1cc(CN2CCC(O)(C(N)=O)C2)no1. The van der Waals surface area contributed by atoms with Gasteiger partial charge in [-0.15, -0.1) is 0 Å². The molecule has 0 spiro atoms. The smallest absolute Gasteiger partial charge is 0.250 e. The number of amides is 1. The van der Waals surface area contributed by atoms with Crippen LogP contribution in [-0.2, 0) is 16.8 Å². The highest BCUT2D eigenvalue weighted by atomic mass is 16.5. The summed E-state index contributed by atoms with van der Waals surface area (Å²) in [5.74, 6) is 0.164. The van der Waals surface area contributed by atoms with E-state index in [0.717, 1.165) is 11.5 Å². The quantitative estimate of drug-likeness (QED) is 0.826. The number of primary amides is 1. The van der Waals surface area contributed by atoms with Crippen LogP contribution in [-0.4, -0.2) is 39.8 Å². The Labute approximate surface area is 112 Å². The fourth-order valence-corrected chi connectivity index (χ4v) is 2.18. The van der Waals surface area contributed by atoms with Crippen molar-refractivity contribution >= 4 is 5.91 Å². The molecule has 1 aromatic rings. The summed E-state index contributed by atoms with van der Waals surface area (Å²) in [5.41, 5.74) is 4.52. The minimum Gasteiger partial charge on any atom is -0.379 e. The summed E-state index contributed by atoms with van der Waals surface area (Å²) in [7, 11) is 0. The summed E-state index contributed by atoms with van der Waals surface area (Å²) in [6.45, 7) is 7.59. The number of hydrogen-bond acceptors (Lipinski definition) is 5. The van der Waals surface area contributed by atoms with Crippen molar-refractivity contribution in [2.24, 2.45) is 5.73 Å². The molecule has 3 N–H and O–H groups in total. The lowest BCUT2D eigenvalue weighted by atomic mass is 9.93. The van der Waals surface area contributed by atoms with Crippen LogP contribution in [0.25, 0.3) is 0 Å². The summed E-state index contributed by atoms with van der Waals surface area (Å²) in [6, 6.07) is 1.92. The lowest BCUT2D eigenvalue weighted by Gasteiger charge is -2.19. The van der Waals surface area contributed by atoms with E-state index < -0.39 is 11.5 Å². The normalized spacial score (nSPS) is 24.8. The number of nitrogens with zero attached hydrogens (tertiary/aromatic N) is 2. The van der Waals surface area contributed by atoms with E-state index in [1.165, 1.54) is 0 Å². The minimum atomic E-state index is -1.41. The number of nitrogens with two attached hydrogens (primary N) is 1. The van der Waals surface area contributed by atoms with Gasteiger partial charge in [0.1, 0.15) is 5.76 Å². The van der Waals surface area contributed by atoms with Gasteiger partial charge in [-0.2, -0.15) is 0 Å². The highest BCUT2D eigenvalue weighted by Crippen LogP contribution is 2.25. The van der Waals surface area contributed by atoms with Gasteiger partial charge in [-0.05, 0) is 6.42 Å². The number of carbonyl (C=O) groups excluding carboxylic acids is 1. The van der Waals surface area contributed by atoms with E-state index >= 15 is 0 Å². The lowest BCUT2D eigenvalue weighted by Crippen LogP contribution is -2.45. The summed E-state index contributed by atoms with van der Waals surface area (Å²) < 4.78 is 5.31. The van der Waals surface area contributed by atoms with Gasteiger partial charge in [0.05, 0.1) is 5.69 Å². The molecule has 106 valence electrons. The number of β-amino-alcohol motifs (C(OH)–C–C–N with tert-alkyl or cyclic N) is 1. The molecular weight excluding hydrogens is 246 g/mol. The molecule has 1 saturated heterocycles. The first-order valence-corrected chi connectivity index (χ1v) is 6.41. The van der Waals surface area contributed by atoms with Crippen molar-refractivity contribution in [3.8, 4) is 0 Å². The van der Waals surface area contributed by atoms with Crippen molar-refractivity contribution in [2.75, 3.05) is 13.1 Å². The Morgan fingerprint density at radius 3 is 2.79 bits per heavy atom. The van der Waals surface area contributed by atoms with Crippen LogP contribution in [0.5, 0.6) is 0 Å². The molecule has 0 bridgehead atoms. The number of likely N-dealkylation sites (tertiary alicyclic amines) is 1. The zero-order valence-electron chi connectivity index (χ0n) is 11.6. The van der Waals surface area contributed by atoms with Gasteiger partial charge in [0, 0.05) is 31.1 Å². The Kier molecular flexibility index (Phi) is 3.40. The monoisotopic (exact) mass is 267 g/mol. The number of aromatic nitrogens is 1. The summed E-state index contributed by atoms with van der Waals surface area (Å²) in [4.78, 5) is 13.1. The van der Waals surface area contributed by atoms with Gasteiger partial charge in [-0.1, -0.05) is 25.9 Å². The maximum atomic E-state index is 11.2. The molecule has 1 amide bonds. The second-order valence-electron chi connectivity index (χ2n) is 6.29. The Morgan fingerprint density at radius 1 is 1.63 bits per heavy atom. The molecule has 1 aliphatic rings. The van der Waals surface area contributed by atoms with E-state index in [1.54, 1.807) is 0 Å². The van der Waals surface area contributed by atoms with Crippen molar-refractivity contribution in [1.82, 2.24) is 10.1 Å². The molecule has 6 nitrogen and oxygen atoms in total. The van der Waals surface area contributed by atoms with Gasteiger partial charge >= 0.3 is 0 Å². The van der Waals surface area contributed by atoms with E-state index in [0.29, 0.717) is 19.5 Å². The van der Waals surface area contributed by atoms with Gasteiger partial charge in [-0.3, -0.25) is 9.69 Å². The average molecular weight is 267 g/mol. The van der Waals surface area contributed by atoms with Crippen molar-refractivity contribution in [2.45, 2.75) is 44.8 Å². The van der Waals surface area contributed by atoms with E-state index in [1.807, 2.05) is 11.0 Å². The van der Waals surface area contributed by atoms with Crippen molar-refractivity contribution in [3.63, 3.8) is 0 Å². The zero-order chi connectivity index (χ0) is 14.3. The number of carbonyl (C=O) groups is 1. The van der Waals surface area contributed by atoms with Crippen LogP contribution in [0.4, 0.5) is 0 Å². The summed E-state index contributed by atoms with van der Waals surface area (Å²) in [6.07, 6.45) is 0.367. The molecule has 0 radical (unpaired) electrons. The van der Waals surface area contributed by atoms with Crippen molar-refractivity contribution in [3.05, 3.63) is 17.5 Å². The van der Waals surface area contributed by atoms with Crippen LogP contribution in [0.3, 0.4) is 0 Å². The van der Waals surface area contributed by atoms with Gasteiger partial charge in [-0.25, -0.2) is 0 Å². The van der Waals surface area contributed by atoms with E-state index in [4.69, 9.17) is 10.3 Å². The highest BCUT2D eigenvalue weighted by molar-refractivity contribution is 5.83. The molecule has 2 heterocycles. The maximum absolute atomic E-state index is 11.2. The number of aliphatic hydroxyl groups is 1. The first-order valence-electron chi connectivity index (χ1n) is 6.41. The molecule has 1 atom stereocenters. The first-order chi connectivity index (χ1) is 8.71. The molecule has 0 aliphatic carbocycles. The molecule has 0 saturated carbocycles. The Bertz CT molecular complexity index is 478. The Hall–Kier alpha value is -1.40. The molecule has 1 aliphatic heterocycles. The molecular formula is C13H21N3O3. The van der Waals surface area contributed by atoms with Crippen LogP contribution in [0.1, 0.15) is 38.6 Å². The Balaban J connectivity index is 2.00. The van der Waals surface area contributed by atoms with Crippen LogP contribution < -0.4 is 5.73 Å². The van der Waals surface area contributed by atoms with Crippen molar-refractivity contribution < 1.29 is 14.4 Å². The van der Waals surface area contributed by atoms with Crippen LogP contribution in [0, 0.1) is 0 Å². The standard InChI is InChI=1S/C13H21N3O3/c1-12(2,3)10-6-9(15-19-10)7-16-5-4-13(18,8-16)11(14)17/h6,18H,4-5,7-8H2,1-3H3,(H2,14,17). The van der Waals surface area contributed by atoms with Gasteiger partial charge < -0.3 is 15.4 Å². The zero-order valence-corrected chi connectivity index (χ0v) is 11.6. The average Bonchev–Trinajstić information content (AvgIpc) is 2.86. The minimum absolute atomic E-state index is 0.0791. The van der Waals surface area contributed by atoms with Crippen LogP contribution in [0.2, 0.25) is 0 Å². The molecule has 1 aromatic heterocycles. The number of hydrogen-bond donors (Lipinski definition) is 2. The largest absolute Gasteiger partial charge is 0.379 e. The molecule has 6 heteroatoms. The predicted molar refractivity (Wildman–Crippen MR) is 69.2 cm³/mol. The third-order valence-electron chi connectivity index (χ3n) is 3.47. The van der Waals surface area contributed by atoms with Crippen LogP contribution in [0.15, 0.2) is 10.6 Å². The first kappa shape index (κ1) is 14.0. The third-order valence-corrected chi connectivity index (χ3v) is 3.47. The fraction of sp³-hybridized carbons (Fsp3) is 0.692. The number of rotatable bonds is 3. The fourth-order valence-electron chi connectivity index (χ4n) is 2.18. The lowest BCUT2D eigenvalue weighted by molar-refractivity contribution is -0.135. The van der Waals surface area contributed by atoms with Gasteiger partial charge in [0.2, 0.25) is 0 Å². The van der Waals surface area contributed by atoms with Crippen LogP contribution >= 0.6 is 0 Å². The second kappa shape index (κ2) is 4.61. The molecule has 0 aromatic carbocycles. The van der Waals surface area contributed by atoms with Gasteiger partial charge in [0.15, 0.2) is 5.60 Å². The molecule has 19 heavy (non-hydrogen) atoms. The molecule has 1 unspecified atom stereocenters. The van der Waals surface area contributed by atoms with Gasteiger partial charge in [0.25, 0.3) is 5.91 Å². The Morgan fingerprint density at radius 2 is 2.32 bits per heavy atom. The second-order valence-corrected chi connectivity index (χ2v) is 6.29. The molecule has 1 fully saturated rings. The van der Waals surface area contributed by atoms with E-state index in [2.05, 4.69) is 25.9 Å². The topological polar surface area (TPSA) is 92.6 Å². The maximum Gasteiger partial charge on any atom is 0.250 e. The molecule has 2 rings (SSSR count). The van der Waals surface area contributed by atoms with E-state index in [-0.39, 0.29) is 12.0 Å². The summed E-state index contributed by atoms with van der Waals surface area (Å²) >= 11 is 0. The predicted octanol–water partition coefficient (Wildman–Crippen LogP) is 0.394. The highest BCUT2D eigenvalue weighted by Gasteiger charge is 2.41.